The highest BCUT2D eigenvalue weighted by Crippen LogP contribution is 2.32. The number of nitrogens with one attached hydrogen (secondary N) is 1. The lowest BCUT2D eigenvalue weighted by Crippen LogP contribution is -2.33. The minimum atomic E-state index is -4.28. The zero-order valence-corrected chi connectivity index (χ0v) is 13.3. The van der Waals surface area contributed by atoms with E-state index in [0.29, 0.717) is 23.9 Å². The average molecular weight is 314 g/mol. The fraction of sp³-hybridized carbons (Fsp3) is 0.647. The Labute approximate surface area is 130 Å². The average Bonchev–Trinajstić information content (AvgIpc) is 2.90. The summed E-state index contributed by atoms with van der Waals surface area (Å²) in [5.41, 5.74) is -0.130. The highest BCUT2D eigenvalue weighted by atomic mass is 19.4. The van der Waals surface area contributed by atoms with Gasteiger partial charge in [-0.2, -0.15) is 13.2 Å². The summed E-state index contributed by atoms with van der Waals surface area (Å²) in [6.45, 7) is 8.24. The van der Waals surface area contributed by atoms with Crippen LogP contribution in [0.5, 0.6) is 0 Å². The molecule has 5 heteroatoms. The van der Waals surface area contributed by atoms with Gasteiger partial charge in [-0.3, -0.25) is 4.90 Å². The van der Waals surface area contributed by atoms with Crippen LogP contribution in [-0.2, 0) is 12.7 Å². The van der Waals surface area contributed by atoms with Gasteiger partial charge in [0.2, 0.25) is 0 Å². The minimum absolute atomic E-state index is 0.365. The molecule has 1 N–H and O–H groups in total. The van der Waals surface area contributed by atoms with E-state index < -0.39 is 11.7 Å². The zero-order valence-electron chi connectivity index (χ0n) is 13.3. The first-order valence-corrected chi connectivity index (χ1v) is 7.94. The van der Waals surface area contributed by atoms with E-state index in [2.05, 4.69) is 24.1 Å². The maximum Gasteiger partial charge on any atom is 0.416 e. The molecule has 1 aromatic carbocycles. The third-order valence-electron chi connectivity index (χ3n) is 4.02. The van der Waals surface area contributed by atoms with E-state index in [1.165, 1.54) is 12.1 Å². The summed E-state index contributed by atoms with van der Waals surface area (Å²) >= 11 is 0. The Morgan fingerprint density at radius 3 is 2.59 bits per heavy atom. The quantitative estimate of drug-likeness (QED) is 0.860. The van der Waals surface area contributed by atoms with E-state index in [1.54, 1.807) is 12.1 Å². The highest BCUT2D eigenvalue weighted by molar-refractivity contribution is 5.29. The van der Waals surface area contributed by atoms with E-state index in [1.807, 2.05) is 0 Å². The summed E-state index contributed by atoms with van der Waals surface area (Å²) in [4.78, 5) is 2.17. The van der Waals surface area contributed by atoms with Gasteiger partial charge in [0.25, 0.3) is 0 Å². The van der Waals surface area contributed by atoms with E-state index in [0.717, 1.165) is 32.6 Å². The number of rotatable bonds is 6. The number of halogens is 3. The van der Waals surface area contributed by atoms with Crippen molar-refractivity contribution in [2.75, 3.05) is 26.2 Å². The van der Waals surface area contributed by atoms with Crippen LogP contribution in [0.25, 0.3) is 0 Å². The topological polar surface area (TPSA) is 15.3 Å². The van der Waals surface area contributed by atoms with Crippen molar-refractivity contribution >= 4 is 0 Å². The molecule has 1 fully saturated rings. The molecule has 124 valence electrons. The number of hydrogen-bond acceptors (Lipinski definition) is 2. The van der Waals surface area contributed by atoms with Crippen molar-refractivity contribution in [3.8, 4) is 0 Å². The molecule has 0 aliphatic carbocycles. The first kappa shape index (κ1) is 17.3. The van der Waals surface area contributed by atoms with Crippen LogP contribution in [-0.4, -0.2) is 31.1 Å². The van der Waals surface area contributed by atoms with E-state index >= 15 is 0 Å². The molecule has 1 saturated heterocycles. The Bertz CT molecular complexity index is 465. The highest BCUT2D eigenvalue weighted by Gasteiger charge is 2.33. The summed E-state index contributed by atoms with van der Waals surface area (Å²) in [5.74, 6) is 0.976. The Morgan fingerprint density at radius 1 is 1.27 bits per heavy atom. The van der Waals surface area contributed by atoms with Crippen LogP contribution in [0.15, 0.2) is 24.3 Å². The fourth-order valence-corrected chi connectivity index (χ4v) is 3.13. The smallest absolute Gasteiger partial charge is 0.316 e. The Hall–Kier alpha value is -1.07. The van der Waals surface area contributed by atoms with Gasteiger partial charge in [-0.1, -0.05) is 32.0 Å². The normalized spacial score (nSPS) is 19.3. The van der Waals surface area contributed by atoms with Gasteiger partial charge < -0.3 is 5.32 Å². The molecule has 22 heavy (non-hydrogen) atoms. The van der Waals surface area contributed by atoms with Crippen LogP contribution in [0.2, 0.25) is 0 Å². The van der Waals surface area contributed by atoms with Crippen LogP contribution >= 0.6 is 0 Å². The monoisotopic (exact) mass is 314 g/mol. The molecule has 0 bridgehead atoms. The van der Waals surface area contributed by atoms with Crippen molar-refractivity contribution in [2.45, 2.75) is 33.0 Å². The third-order valence-corrected chi connectivity index (χ3v) is 4.02. The van der Waals surface area contributed by atoms with Crippen LogP contribution in [0.1, 0.15) is 31.4 Å². The van der Waals surface area contributed by atoms with E-state index in [9.17, 15) is 13.2 Å². The van der Waals surface area contributed by atoms with Gasteiger partial charge in [0.1, 0.15) is 0 Å². The van der Waals surface area contributed by atoms with Crippen molar-refractivity contribution in [1.29, 1.82) is 0 Å². The molecular weight excluding hydrogens is 289 g/mol. The van der Waals surface area contributed by atoms with Crippen molar-refractivity contribution in [1.82, 2.24) is 10.2 Å². The van der Waals surface area contributed by atoms with Gasteiger partial charge in [-0.15, -0.1) is 0 Å². The van der Waals surface area contributed by atoms with Gasteiger partial charge in [-0.25, -0.2) is 0 Å². The molecule has 1 aliphatic heterocycles. The maximum atomic E-state index is 13.1. The Kier molecular flexibility index (Phi) is 5.87. The number of nitrogens with zero attached hydrogens (tertiary/aromatic N) is 1. The molecule has 1 aromatic rings. The fourth-order valence-electron chi connectivity index (χ4n) is 3.13. The van der Waals surface area contributed by atoms with Crippen LogP contribution in [0, 0.1) is 11.8 Å². The first-order valence-electron chi connectivity index (χ1n) is 7.94. The molecule has 1 atom stereocenters. The van der Waals surface area contributed by atoms with Crippen LogP contribution in [0.3, 0.4) is 0 Å². The standard InChI is InChI=1S/C17H25F3N2/c1-13(2)10-22(11-14-7-8-21-9-14)12-15-5-3-4-6-16(15)17(18,19)20/h3-6,13-14,21H,7-12H2,1-2H3/t14-/m0/s1. The molecule has 1 heterocycles. The van der Waals surface area contributed by atoms with Gasteiger partial charge in [0.05, 0.1) is 5.56 Å². The summed E-state index contributed by atoms with van der Waals surface area (Å²) < 4.78 is 39.4. The Morgan fingerprint density at radius 2 is 2.00 bits per heavy atom. The van der Waals surface area contributed by atoms with Crippen molar-refractivity contribution < 1.29 is 13.2 Å². The zero-order chi connectivity index (χ0) is 16.2. The van der Waals surface area contributed by atoms with E-state index in [4.69, 9.17) is 0 Å². The van der Waals surface area contributed by atoms with E-state index in [-0.39, 0.29) is 0 Å². The van der Waals surface area contributed by atoms with Gasteiger partial charge in [0.15, 0.2) is 0 Å². The van der Waals surface area contributed by atoms with Gasteiger partial charge in [-0.05, 0) is 43.0 Å². The second-order valence-corrected chi connectivity index (χ2v) is 6.60. The van der Waals surface area contributed by atoms with Crippen molar-refractivity contribution in [3.05, 3.63) is 35.4 Å². The Balaban J connectivity index is 2.12. The number of hydrogen-bond donors (Lipinski definition) is 1. The number of alkyl halides is 3. The van der Waals surface area contributed by atoms with Crippen LogP contribution in [0.4, 0.5) is 13.2 Å². The summed E-state index contributed by atoms with van der Waals surface area (Å²) in [7, 11) is 0. The lowest BCUT2D eigenvalue weighted by Gasteiger charge is -2.28. The molecule has 0 aromatic heterocycles. The summed E-state index contributed by atoms with van der Waals surface area (Å²) in [5, 5.41) is 3.32. The first-order chi connectivity index (χ1) is 10.4. The predicted molar refractivity (Wildman–Crippen MR) is 82.5 cm³/mol. The van der Waals surface area contributed by atoms with Crippen LogP contribution < -0.4 is 5.32 Å². The second kappa shape index (κ2) is 7.47. The third kappa shape index (κ3) is 4.99. The summed E-state index contributed by atoms with van der Waals surface area (Å²) in [6.07, 6.45) is -3.18. The SMILES string of the molecule is CC(C)CN(Cc1ccccc1C(F)(F)F)C[C@H]1CCNC1. The van der Waals surface area contributed by atoms with Crippen molar-refractivity contribution in [3.63, 3.8) is 0 Å². The summed E-state index contributed by atoms with van der Waals surface area (Å²) in [6, 6.07) is 5.93. The molecule has 2 nitrogen and oxygen atoms in total. The molecule has 1 aliphatic rings. The van der Waals surface area contributed by atoms with Gasteiger partial charge >= 0.3 is 6.18 Å². The lowest BCUT2D eigenvalue weighted by atomic mass is 10.0. The molecule has 0 unspecified atom stereocenters. The van der Waals surface area contributed by atoms with Gasteiger partial charge in [0, 0.05) is 19.6 Å². The van der Waals surface area contributed by atoms with Crippen molar-refractivity contribution in [2.24, 2.45) is 11.8 Å². The molecule has 0 amide bonds. The molecule has 2 rings (SSSR count). The molecule has 0 spiro atoms. The molecule has 0 radical (unpaired) electrons. The maximum absolute atomic E-state index is 13.1. The molecule has 0 saturated carbocycles. The number of benzene rings is 1. The predicted octanol–water partition coefficient (Wildman–Crippen LogP) is 3.77. The largest absolute Gasteiger partial charge is 0.416 e. The second-order valence-electron chi connectivity index (χ2n) is 6.60. The molecular formula is C17H25F3N2. The minimum Gasteiger partial charge on any atom is -0.316 e. The lowest BCUT2D eigenvalue weighted by molar-refractivity contribution is -0.138.